The molecule has 1 unspecified atom stereocenters. The number of esters is 1. The first-order valence-corrected chi connectivity index (χ1v) is 6.05. The summed E-state index contributed by atoms with van der Waals surface area (Å²) in [6.45, 7) is 4.69. The largest absolute Gasteiger partial charge is 0.466 e. The quantitative estimate of drug-likeness (QED) is 0.809. The highest BCUT2D eigenvalue weighted by atomic mass is 35.5. The van der Waals surface area contributed by atoms with Gasteiger partial charge in [0.25, 0.3) is 0 Å². The Labute approximate surface area is 115 Å². The molecule has 4 heteroatoms. The van der Waals surface area contributed by atoms with Crippen LogP contribution in [0.4, 0.5) is 0 Å². The summed E-state index contributed by atoms with van der Waals surface area (Å²) < 4.78 is 5.13. The molecule has 1 atom stereocenters. The highest BCUT2D eigenvalue weighted by molar-refractivity contribution is 5.85. The smallest absolute Gasteiger partial charge is 0.307 e. The van der Waals surface area contributed by atoms with Crippen LogP contribution < -0.4 is 5.73 Å². The molecule has 0 radical (unpaired) electrons. The summed E-state index contributed by atoms with van der Waals surface area (Å²) in [6.07, 6.45) is 1.13. The molecule has 1 aromatic carbocycles. The lowest BCUT2D eigenvalue weighted by atomic mass is 10.1. The van der Waals surface area contributed by atoms with Crippen molar-refractivity contribution in [3.63, 3.8) is 0 Å². The monoisotopic (exact) mass is 271 g/mol. The Bertz CT molecular complexity index is 341. The molecule has 2 N–H and O–H groups in total. The number of hydrogen-bond donors (Lipinski definition) is 1. The van der Waals surface area contributed by atoms with Crippen LogP contribution in [0.15, 0.2) is 30.3 Å². The number of rotatable bonds is 6. The van der Waals surface area contributed by atoms with E-state index in [2.05, 4.69) is 13.8 Å². The predicted octanol–water partition coefficient (Wildman–Crippen LogP) is 3.09. The summed E-state index contributed by atoms with van der Waals surface area (Å²) in [5.74, 6) is 0.326. The molecule has 0 heterocycles. The van der Waals surface area contributed by atoms with Crippen LogP contribution in [0, 0.1) is 5.92 Å². The molecule has 0 aliphatic rings. The minimum absolute atomic E-state index is 0. The number of nitrogens with two attached hydrogens (primary N) is 1. The van der Waals surface area contributed by atoms with Crippen molar-refractivity contribution in [1.29, 1.82) is 0 Å². The fourth-order valence-electron chi connectivity index (χ4n) is 1.47. The van der Waals surface area contributed by atoms with E-state index in [0.717, 1.165) is 12.0 Å². The van der Waals surface area contributed by atoms with E-state index in [1.165, 1.54) is 0 Å². The molecule has 3 nitrogen and oxygen atoms in total. The van der Waals surface area contributed by atoms with E-state index < -0.39 is 0 Å². The second-order valence-corrected chi connectivity index (χ2v) is 4.62. The van der Waals surface area contributed by atoms with Crippen LogP contribution in [0.2, 0.25) is 0 Å². The third-order valence-electron chi connectivity index (χ3n) is 2.57. The van der Waals surface area contributed by atoms with Crippen LogP contribution in [0.25, 0.3) is 0 Å². The Kier molecular flexibility index (Phi) is 8.42. The SMILES string of the molecule is CC(C)CCOC(=O)CC(N)c1ccccc1.Cl. The van der Waals surface area contributed by atoms with Gasteiger partial charge in [0.1, 0.15) is 0 Å². The Morgan fingerprint density at radius 1 is 1.28 bits per heavy atom. The zero-order valence-corrected chi connectivity index (χ0v) is 11.8. The molecule has 0 spiro atoms. The maximum absolute atomic E-state index is 11.5. The Morgan fingerprint density at radius 2 is 1.89 bits per heavy atom. The number of benzene rings is 1. The van der Waals surface area contributed by atoms with E-state index in [0.29, 0.717) is 12.5 Å². The predicted molar refractivity (Wildman–Crippen MR) is 75.6 cm³/mol. The lowest BCUT2D eigenvalue weighted by Gasteiger charge is -2.12. The summed E-state index contributed by atoms with van der Waals surface area (Å²) in [4.78, 5) is 11.5. The van der Waals surface area contributed by atoms with E-state index in [1.807, 2.05) is 30.3 Å². The Balaban J connectivity index is 0.00000289. The molecule has 0 aromatic heterocycles. The van der Waals surface area contributed by atoms with Gasteiger partial charge in [0, 0.05) is 6.04 Å². The van der Waals surface area contributed by atoms with Crippen LogP contribution in [0.5, 0.6) is 0 Å². The lowest BCUT2D eigenvalue weighted by Crippen LogP contribution is -2.17. The molecule has 1 aromatic rings. The first-order valence-electron chi connectivity index (χ1n) is 6.05. The minimum atomic E-state index is -0.275. The standard InChI is InChI=1S/C14H21NO2.ClH/c1-11(2)8-9-17-14(16)10-13(15)12-6-4-3-5-7-12;/h3-7,11,13H,8-10,15H2,1-2H3;1H. The fraction of sp³-hybridized carbons (Fsp3) is 0.500. The second kappa shape index (κ2) is 8.95. The second-order valence-electron chi connectivity index (χ2n) is 4.62. The third kappa shape index (κ3) is 6.62. The van der Waals surface area contributed by atoms with Crippen molar-refractivity contribution < 1.29 is 9.53 Å². The molecule has 0 saturated heterocycles. The zero-order valence-electron chi connectivity index (χ0n) is 11.0. The van der Waals surface area contributed by atoms with Crippen LogP contribution in [0.3, 0.4) is 0 Å². The van der Waals surface area contributed by atoms with E-state index >= 15 is 0 Å². The van der Waals surface area contributed by atoms with Crippen molar-refractivity contribution in [3.05, 3.63) is 35.9 Å². The van der Waals surface area contributed by atoms with E-state index in [1.54, 1.807) is 0 Å². The van der Waals surface area contributed by atoms with Gasteiger partial charge in [-0.15, -0.1) is 12.4 Å². The van der Waals surface area contributed by atoms with Gasteiger partial charge in [-0.3, -0.25) is 4.79 Å². The topological polar surface area (TPSA) is 52.3 Å². The maximum atomic E-state index is 11.5. The zero-order chi connectivity index (χ0) is 12.7. The number of ether oxygens (including phenoxy) is 1. The average molecular weight is 272 g/mol. The average Bonchev–Trinajstić information content (AvgIpc) is 2.29. The van der Waals surface area contributed by atoms with Gasteiger partial charge in [-0.1, -0.05) is 44.2 Å². The van der Waals surface area contributed by atoms with E-state index in [4.69, 9.17) is 10.5 Å². The van der Waals surface area contributed by atoms with Gasteiger partial charge < -0.3 is 10.5 Å². The van der Waals surface area contributed by atoms with E-state index in [9.17, 15) is 4.79 Å². The van der Waals surface area contributed by atoms with E-state index in [-0.39, 0.29) is 30.8 Å². The van der Waals surface area contributed by atoms with Crippen LogP contribution in [-0.2, 0) is 9.53 Å². The summed E-state index contributed by atoms with van der Waals surface area (Å²) >= 11 is 0. The first kappa shape index (κ1) is 16.9. The molecule has 0 amide bonds. The van der Waals surface area contributed by atoms with Crippen molar-refractivity contribution >= 4 is 18.4 Å². The molecule has 1 rings (SSSR count). The highest BCUT2D eigenvalue weighted by Crippen LogP contribution is 2.14. The van der Waals surface area contributed by atoms with Crippen LogP contribution >= 0.6 is 12.4 Å². The molecular weight excluding hydrogens is 250 g/mol. The van der Waals surface area contributed by atoms with Gasteiger partial charge in [-0.05, 0) is 17.9 Å². The lowest BCUT2D eigenvalue weighted by molar-refractivity contribution is -0.144. The molecule has 102 valence electrons. The highest BCUT2D eigenvalue weighted by Gasteiger charge is 2.12. The van der Waals surface area contributed by atoms with Gasteiger partial charge in [-0.25, -0.2) is 0 Å². The van der Waals surface area contributed by atoms with Crippen molar-refractivity contribution in [1.82, 2.24) is 0 Å². The molecular formula is C14H22ClNO2. The Hall–Kier alpha value is -1.06. The molecule has 0 saturated carbocycles. The molecule has 18 heavy (non-hydrogen) atoms. The van der Waals surface area contributed by atoms with Crippen molar-refractivity contribution in [2.24, 2.45) is 11.7 Å². The fourth-order valence-corrected chi connectivity index (χ4v) is 1.47. The van der Waals surface area contributed by atoms with Gasteiger partial charge >= 0.3 is 5.97 Å². The van der Waals surface area contributed by atoms with Gasteiger partial charge in [0.15, 0.2) is 0 Å². The number of hydrogen-bond acceptors (Lipinski definition) is 3. The number of carbonyl (C=O) groups is 1. The third-order valence-corrected chi connectivity index (χ3v) is 2.57. The van der Waals surface area contributed by atoms with Gasteiger partial charge in [-0.2, -0.15) is 0 Å². The van der Waals surface area contributed by atoms with Crippen LogP contribution in [-0.4, -0.2) is 12.6 Å². The van der Waals surface area contributed by atoms with Gasteiger partial charge in [0.05, 0.1) is 13.0 Å². The summed E-state index contributed by atoms with van der Waals surface area (Å²) in [5, 5.41) is 0. The molecule has 0 fully saturated rings. The minimum Gasteiger partial charge on any atom is -0.466 e. The Morgan fingerprint density at radius 3 is 2.44 bits per heavy atom. The first-order chi connectivity index (χ1) is 8.09. The van der Waals surface area contributed by atoms with Crippen molar-refractivity contribution in [2.45, 2.75) is 32.7 Å². The van der Waals surface area contributed by atoms with Gasteiger partial charge in [0.2, 0.25) is 0 Å². The summed E-state index contributed by atoms with van der Waals surface area (Å²) in [5.41, 5.74) is 6.89. The number of halogens is 1. The van der Waals surface area contributed by atoms with Crippen LogP contribution in [0.1, 0.15) is 38.3 Å². The molecule has 0 aliphatic heterocycles. The van der Waals surface area contributed by atoms with Crippen molar-refractivity contribution in [3.8, 4) is 0 Å². The summed E-state index contributed by atoms with van der Waals surface area (Å²) in [6, 6.07) is 9.33. The molecule has 0 bridgehead atoms. The molecule has 0 aliphatic carbocycles. The number of carbonyl (C=O) groups excluding carboxylic acids is 1. The maximum Gasteiger partial charge on any atom is 0.307 e. The summed E-state index contributed by atoms with van der Waals surface area (Å²) in [7, 11) is 0. The van der Waals surface area contributed by atoms with Crippen molar-refractivity contribution in [2.75, 3.05) is 6.61 Å². The normalized spacial score (nSPS) is 11.8.